The van der Waals surface area contributed by atoms with Gasteiger partial charge in [-0.1, -0.05) is 68.3 Å². The molecule has 1 atom stereocenters. The summed E-state index contributed by atoms with van der Waals surface area (Å²) in [6, 6.07) is 23.9. The summed E-state index contributed by atoms with van der Waals surface area (Å²) in [4.78, 5) is 6.90. The molecule has 1 heterocycles. The second-order valence-corrected chi connectivity index (χ2v) is 7.86. The molecule has 0 amide bonds. The van der Waals surface area contributed by atoms with E-state index >= 15 is 0 Å². The molecule has 0 aliphatic heterocycles. The van der Waals surface area contributed by atoms with Crippen LogP contribution in [0.2, 0.25) is 0 Å². The first-order chi connectivity index (χ1) is 13.7. The molecule has 3 rings (SSSR count). The first kappa shape index (κ1) is 20.1. The maximum absolute atomic E-state index is 4.78. The number of aromatic nitrogens is 1. The molecule has 0 N–H and O–H groups in total. The van der Waals surface area contributed by atoms with Gasteiger partial charge in [0, 0.05) is 37.2 Å². The third kappa shape index (κ3) is 5.69. The lowest BCUT2D eigenvalue weighted by Crippen LogP contribution is -2.08. The lowest BCUT2D eigenvalue weighted by Gasteiger charge is -2.16. The highest BCUT2D eigenvalue weighted by Crippen LogP contribution is 2.24. The predicted molar refractivity (Wildman–Crippen MR) is 121 cm³/mol. The van der Waals surface area contributed by atoms with Crippen LogP contribution in [0.15, 0.2) is 72.9 Å². The molecule has 0 saturated heterocycles. The van der Waals surface area contributed by atoms with Gasteiger partial charge in [0.1, 0.15) is 0 Å². The minimum absolute atomic E-state index is 0.697. The summed E-state index contributed by atoms with van der Waals surface area (Å²) in [5, 5.41) is 0. The summed E-state index contributed by atoms with van der Waals surface area (Å²) < 4.78 is 0. The van der Waals surface area contributed by atoms with E-state index in [1.165, 1.54) is 47.3 Å². The first-order valence-corrected chi connectivity index (χ1v) is 10.4. The van der Waals surface area contributed by atoms with Crippen molar-refractivity contribution in [2.24, 2.45) is 5.92 Å². The Morgan fingerprint density at radius 3 is 2.14 bits per heavy atom. The average Bonchev–Trinajstić information content (AvgIpc) is 2.73. The van der Waals surface area contributed by atoms with E-state index in [1.54, 1.807) is 0 Å². The SMILES string of the molecule is CCCC(CCc1ccccc1)Cc1ccc(-c2ccc(N(C)C)cc2)cn1. The molecular formula is C26H32N2. The molecule has 1 unspecified atom stereocenters. The Bertz CT molecular complexity index is 821. The van der Waals surface area contributed by atoms with Crippen molar-refractivity contribution in [2.75, 3.05) is 19.0 Å². The summed E-state index contributed by atoms with van der Waals surface area (Å²) in [6.07, 6.45) is 7.98. The summed E-state index contributed by atoms with van der Waals surface area (Å²) >= 11 is 0. The normalized spacial score (nSPS) is 12.0. The van der Waals surface area contributed by atoms with Gasteiger partial charge in [-0.15, -0.1) is 0 Å². The fraction of sp³-hybridized carbons (Fsp3) is 0.346. The van der Waals surface area contributed by atoms with Crippen LogP contribution in [0, 0.1) is 5.92 Å². The quantitative estimate of drug-likeness (QED) is 0.432. The number of aryl methyl sites for hydroxylation is 1. The van der Waals surface area contributed by atoms with Gasteiger partial charge in [-0.25, -0.2) is 0 Å². The molecule has 0 aliphatic carbocycles. The second-order valence-electron chi connectivity index (χ2n) is 7.86. The predicted octanol–water partition coefficient (Wildman–Crippen LogP) is 6.41. The minimum atomic E-state index is 0.697. The molecule has 0 saturated carbocycles. The van der Waals surface area contributed by atoms with Crippen molar-refractivity contribution >= 4 is 5.69 Å². The first-order valence-electron chi connectivity index (χ1n) is 10.4. The zero-order valence-corrected chi connectivity index (χ0v) is 17.4. The van der Waals surface area contributed by atoms with Gasteiger partial charge in [0.05, 0.1) is 0 Å². The average molecular weight is 373 g/mol. The zero-order chi connectivity index (χ0) is 19.8. The van der Waals surface area contributed by atoms with Crippen molar-refractivity contribution in [3.63, 3.8) is 0 Å². The van der Waals surface area contributed by atoms with Crippen LogP contribution in [-0.4, -0.2) is 19.1 Å². The van der Waals surface area contributed by atoms with E-state index in [0.717, 1.165) is 12.8 Å². The number of hydrogen-bond donors (Lipinski definition) is 0. The van der Waals surface area contributed by atoms with Crippen molar-refractivity contribution in [1.82, 2.24) is 4.98 Å². The monoisotopic (exact) mass is 372 g/mol. The van der Waals surface area contributed by atoms with Crippen LogP contribution in [-0.2, 0) is 12.8 Å². The van der Waals surface area contributed by atoms with Gasteiger partial charge in [-0.3, -0.25) is 4.98 Å². The highest BCUT2D eigenvalue weighted by atomic mass is 15.1. The van der Waals surface area contributed by atoms with E-state index in [2.05, 4.69) is 92.6 Å². The van der Waals surface area contributed by atoms with Crippen LogP contribution >= 0.6 is 0 Å². The molecule has 3 aromatic rings. The van der Waals surface area contributed by atoms with Crippen LogP contribution in [0.4, 0.5) is 5.69 Å². The highest BCUT2D eigenvalue weighted by Gasteiger charge is 2.11. The van der Waals surface area contributed by atoms with Crippen LogP contribution in [0.3, 0.4) is 0 Å². The van der Waals surface area contributed by atoms with Crippen molar-refractivity contribution in [2.45, 2.75) is 39.0 Å². The molecule has 0 bridgehead atoms. The molecule has 0 fully saturated rings. The third-order valence-electron chi connectivity index (χ3n) is 5.42. The van der Waals surface area contributed by atoms with E-state index in [-0.39, 0.29) is 0 Å². The zero-order valence-electron chi connectivity index (χ0n) is 17.4. The number of anilines is 1. The molecule has 28 heavy (non-hydrogen) atoms. The topological polar surface area (TPSA) is 16.1 Å². The molecule has 0 aliphatic rings. The summed E-state index contributed by atoms with van der Waals surface area (Å²) in [6.45, 7) is 2.28. The van der Waals surface area contributed by atoms with Crippen LogP contribution < -0.4 is 4.90 Å². The fourth-order valence-corrected chi connectivity index (χ4v) is 3.74. The van der Waals surface area contributed by atoms with Crippen LogP contribution in [0.5, 0.6) is 0 Å². The summed E-state index contributed by atoms with van der Waals surface area (Å²) in [5.41, 5.74) is 6.27. The van der Waals surface area contributed by atoms with Gasteiger partial charge in [0.15, 0.2) is 0 Å². The molecule has 2 heteroatoms. The standard InChI is InChI=1S/C26H32N2/c1-4-8-22(12-11-21-9-6-5-7-10-21)19-25-16-13-24(20-27-25)23-14-17-26(18-15-23)28(2)3/h5-7,9-10,13-18,20,22H,4,8,11-12,19H2,1-3H3. The molecule has 146 valence electrons. The summed E-state index contributed by atoms with van der Waals surface area (Å²) in [5.74, 6) is 0.697. The molecule has 2 aromatic carbocycles. The number of pyridine rings is 1. The maximum atomic E-state index is 4.78. The largest absolute Gasteiger partial charge is 0.378 e. The number of nitrogens with zero attached hydrogens (tertiary/aromatic N) is 2. The van der Waals surface area contributed by atoms with Crippen LogP contribution in [0.1, 0.15) is 37.4 Å². The van der Waals surface area contributed by atoms with Crippen molar-refractivity contribution in [3.8, 4) is 11.1 Å². The lowest BCUT2D eigenvalue weighted by molar-refractivity contribution is 0.439. The van der Waals surface area contributed by atoms with E-state index in [1.807, 2.05) is 6.20 Å². The van der Waals surface area contributed by atoms with Crippen molar-refractivity contribution in [3.05, 3.63) is 84.2 Å². The van der Waals surface area contributed by atoms with Gasteiger partial charge in [0.2, 0.25) is 0 Å². The Morgan fingerprint density at radius 2 is 1.54 bits per heavy atom. The fourth-order valence-electron chi connectivity index (χ4n) is 3.74. The Kier molecular flexibility index (Phi) is 7.25. The molecule has 0 spiro atoms. The van der Waals surface area contributed by atoms with Gasteiger partial charge in [-0.2, -0.15) is 0 Å². The van der Waals surface area contributed by atoms with E-state index in [4.69, 9.17) is 4.98 Å². The van der Waals surface area contributed by atoms with E-state index in [0.29, 0.717) is 5.92 Å². The maximum Gasteiger partial charge on any atom is 0.0406 e. The molecule has 2 nitrogen and oxygen atoms in total. The third-order valence-corrected chi connectivity index (χ3v) is 5.42. The molecule has 1 aromatic heterocycles. The minimum Gasteiger partial charge on any atom is -0.378 e. The van der Waals surface area contributed by atoms with Crippen LogP contribution in [0.25, 0.3) is 11.1 Å². The number of rotatable bonds is 9. The van der Waals surface area contributed by atoms with E-state index in [9.17, 15) is 0 Å². The lowest BCUT2D eigenvalue weighted by atomic mass is 9.91. The highest BCUT2D eigenvalue weighted by molar-refractivity contribution is 5.65. The number of hydrogen-bond acceptors (Lipinski definition) is 2. The summed E-state index contributed by atoms with van der Waals surface area (Å²) in [7, 11) is 4.13. The Hall–Kier alpha value is -2.61. The van der Waals surface area contributed by atoms with E-state index < -0.39 is 0 Å². The Morgan fingerprint density at radius 1 is 0.821 bits per heavy atom. The molecular weight excluding hydrogens is 340 g/mol. The van der Waals surface area contributed by atoms with Gasteiger partial charge in [0.25, 0.3) is 0 Å². The Balaban J connectivity index is 1.62. The van der Waals surface area contributed by atoms with Gasteiger partial charge < -0.3 is 4.90 Å². The molecule has 0 radical (unpaired) electrons. The van der Waals surface area contributed by atoms with Crippen molar-refractivity contribution in [1.29, 1.82) is 0 Å². The smallest absolute Gasteiger partial charge is 0.0406 e. The number of benzene rings is 2. The van der Waals surface area contributed by atoms with Gasteiger partial charge >= 0.3 is 0 Å². The van der Waals surface area contributed by atoms with Gasteiger partial charge in [-0.05, 0) is 54.5 Å². The second kappa shape index (κ2) is 10.1. The van der Waals surface area contributed by atoms with Crippen molar-refractivity contribution < 1.29 is 0 Å². The Labute approximate surface area is 170 Å².